The number of piperidine rings is 1. The van der Waals surface area contributed by atoms with Gasteiger partial charge in [-0.25, -0.2) is 4.79 Å². The van der Waals surface area contributed by atoms with Crippen molar-refractivity contribution in [3.8, 4) is 0 Å². The molecule has 7 heteroatoms. The van der Waals surface area contributed by atoms with Gasteiger partial charge >= 0.3 is 6.03 Å². The first-order chi connectivity index (χ1) is 14.2. The molecule has 0 spiro atoms. The van der Waals surface area contributed by atoms with Crippen molar-refractivity contribution in [1.29, 1.82) is 0 Å². The third kappa shape index (κ3) is 5.15. The number of rotatable bonds is 4. The van der Waals surface area contributed by atoms with E-state index in [9.17, 15) is 4.79 Å². The lowest BCUT2D eigenvalue weighted by atomic mass is 9.86. The van der Waals surface area contributed by atoms with Gasteiger partial charge in [-0.2, -0.15) is 4.98 Å². The molecule has 1 atom stereocenters. The Morgan fingerprint density at radius 3 is 2.62 bits per heavy atom. The van der Waals surface area contributed by atoms with Gasteiger partial charge in [-0.3, -0.25) is 4.90 Å². The third-order valence-corrected chi connectivity index (χ3v) is 6.19. The Morgan fingerprint density at radius 1 is 1.10 bits per heavy atom. The summed E-state index contributed by atoms with van der Waals surface area (Å²) in [6.07, 6.45) is 6.83. The van der Waals surface area contributed by atoms with Crippen molar-refractivity contribution in [3.05, 3.63) is 42.0 Å². The van der Waals surface area contributed by atoms with Crippen molar-refractivity contribution in [2.75, 3.05) is 25.0 Å². The van der Waals surface area contributed by atoms with Crippen LogP contribution in [0.4, 0.5) is 10.5 Å². The molecule has 2 amide bonds. The second-order valence-corrected chi connectivity index (χ2v) is 8.26. The largest absolute Gasteiger partial charge is 0.338 e. The van der Waals surface area contributed by atoms with Crippen molar-refractivity contribution in [3.63, 3.8) is 0 Å². The number of carbonyl (C=O) groups excluding carboxylic acids is 1. The number of benzene rings is 1. The number of anilines is 1. The molecular weight excluding hydrogens is 366 g/mol. The topological polar surface area (TPSA) is 74.5 Å². The van der Waals surface area contributed by atoms with Crippen molar-refractivity contribution in [1.82, 2.24) is 19.9 Å². The van der Waals surface area contributed by atoms with Crippen LogP contribution in [0.5, 0.6) is 0 Å². The molecule has 1 N–H and O–H groups in total. The molecule has 0 saturated carbocycles. The fourth-order valence-electron chi connectivity index (χ4n) is 4.68. The Labute approximate surface area is 172 Å². The Hall–Kier alpha value is -2.41. The fraction of sp³-hybridized carbons (Fsp3) is 0.591. The molecule has 0 radical (unpaired) electrons. The second-order valence-electron chi connectivity index (χ2n) is 8.26. The van der Waals surface area contributed by atoms with Gasteiger partial charge in [-0.15, -0.1) is 0 Å². The maximum atomic E-state index is 13.1. The Bertz CT molecular complexity index is 786. The van der Waals surface area contributed by atoms with Crippen molar-refractivity contribution < 1.29 is 9.32 Å². The number of nitrogens with zero attached hydrogens (tertiary/aromatic N) is 4. The van der Waals surface area contributed by atoms with E-state index in [2.05, 4.69) is 25.3 Å². The van der Waals surface area contributed by atoms with Crippen LogP contribution in [0.15, 0.2) is 34.9 Å². The van der Waals surface area contributed by atoms with Crippen molar-refractivity contribution >= 4 is 11.7 Å². The predicted molar refractivity (Wildman–Crippen MR) is 111 cm³/mol. The first-order valence-electron chi connectivity index (χ1n) is 10.8. The lowest BCUT2D eigenvalue weighted by molar-refractivity contribution is 0.0974. The molecule has 2 aromatic rings. The van der Waals surface area contributed by atoms with Crippen LogP contribution in [-0.2, 0) is 6.54 Å². The van der Waals surface area contributed by atoms with Crippen LogP contribution in [0.3, 0.4) is 0 Å². The highest BCUT2D eigenvalue weighted by molar-refractivity contribution is 5.89. The normalized spacial score (nSPS) is 21.7. The monoisotopic (exact) mass is 397 g/mol. The van der Waals surface area contributed by atoms with Gasteiger partial charge in [0, 0.05) is 18.3 Å². The number of hydrogen-bond acceptors (Lipinski definition) is 5. The summed E-state index contributed by atoms with van der Waals surface area (Å²) in [5.74, 6) is 1.93. The summed E-state index contributed by atoms with van der Waals surface area (Å²) < 4.78 is 5.27. The standard InChI is InChI=1S/C22H31N5O2/c1-17-23-21(29-25-17)16-26-14-11-18(12-15-26)20-10-6-3-7-13-27(20)22(28)24-19-8-4-2-5-9-19/h2,4-5,8-9,18,20H,3,6-7,10-16H2,1H3,(H,24,28). The van der Waals surface area contributed by atoms with E-state index < -0.39 is 0 Å². The van der Waals surface area contributed by atoms with E-state index in [1.54, 1.807) is 0 Å². The van der Waals surface area contributed by atoms with E-state index >= 15 is 0 Å². The number of likely N-dealkylation sites (tertiary alicyclic amines) is 2. The minimum Gasteiger partial charge on any atom is -0.338 e. The maximum Gasteiger partial charge on any atom is 0.322 e. The van der Waals surface area contributed by atoms with Crippen LogP contribution < -0.4 is 5.32 Å². The van der Waals surface area contributed by atoms with Gasteiger partial charge < -0.3 is 14.7 Å². The van der Waals surface area contributed by atoms with E-state index in [4.69, 9.17) is 4.52 Å². The average Bonchev–Trinajstić information content (AvgIpc) is 2.99. The molecule has 2 saturated heterocycles. The SMILES string of the molecule is Cc1noc(CN2CCC(C3CCCCCN3C(=O)Nc3ccccc3)CC2)n1. The molecule has 0 bridgehead atoms. The number of para-hydroxylation sites is 1. The minimum atomic E-state index is 0.0480. The molecule has 4 rings (SSSR count). The van der Waals surface area contributed by atoms with E-state index in [-0.39, 0.29) is 6.03 Å². The van der Waals surface area contributed by atoms with Gasteiger partial charge in [0.25, 0.3) is 0 Å². The fourth-order valence-corrected chi connectivity index (χ4v) is 4.68. The van der Waals surface area contributed by atoms with E-state index in [0.29, 0.717) is 23.7 Å². The Morgan fingerprint density at radius 2 is 1.90 bits per heavy atom. The quantitative estimate of drug-likeness (QED) is 0.842. The molecular formula is C22H31N5O2. The number of hydrogen-bond donors (Lipinski definition) is 1. The van der Waals surface area contributed by atoms with Crippen LogP contribution in [-0.4, -0.2) is 51.6 Å². The molecule has 7 nitrogen and oxygen atoms in total. The number of carbonyl (C=O) groups is 1. The van der Waals surface area contributed by atoms with Gasteiger partial charge in [-0.05, 0) is 63.7 Å². The molecule has 3 heterocycles. The third-order valence-electron chi connectivity index (χ3n) is 6.19. The highest BCUT2D eigenvalue weighted by Crippen LogP contribution is 2.31. The highest BCUT2D eigenvalue weighted by atomic mass is 16.5. The van der Waals surface area contributed by atoms with E-state index in [1.807, 2.05) is 37.3 Å². The van der Waals surface area contributed by atoms with Crippen LogP contribution in [0.1, 0.15) is 50.2 Å². The zero-order valence-corrected chi connectivity index (χ0v) is 17.2. The lowest BCUT2D eigenvalue weighted by Crippen LogP contribution is -2.49. The molecule has 29 heavy (non-hydrogen) atoms. The molecule has 1 aromatic carbocycles. The van der Waals surface area contributed by atoms with Crippen LogP contribution in [0, 0.1) is 12.8 Å². The average molecular weight is 398 g/mol. The maximum absolute atomic E-state index is 13.1. The number of amides is 2. The summed E-state index contributed by atoms with van der Waals surface area (Å²) in [5.41, 5.74) is 0.866. The summed E-state index contributed by atoms with van der Waals surface area (Å²) in [4.78, 5) is 21.9. The van der Waals surface area contributed by atoms with Crippen LogP contribution in [0.25, 0.3) is 0 Å². The summed E-state index contributed by atoms with van der Waals surface area (Å²) in [6.45, 7) is 5.44. The lowest BCUT2D eigenvalue weighted by Gasteiger charge is -2.40. The van der Waals surface area contributed by atoms with Crippen LogP contribution >= 0.6 is 0 Å². The first-order valence-corrected chi connectivity index (χ1v) is 10.8. The molecule has 1 aromatic heterocycles. The molecule has 156 valence electrons. The number of nitrogens with one attached hydrogen (secondary N) is 1. The van der Waals surface area contributed by atoms with E-state index in [1.165, 1.54) is 12.8 Å². The van der Waals surface area contributed by atoms with Crippen molar-refractivity contribution in [2.24, 2.45) is 5.92 Å². The zero-order valence-electron chi connectivity index (χ0n) is 17.2. The Balaban J connectivity index is 1.36. The predicted octanol–water partition coefficient (Wildman–Crippen LogP) is 4.07. The van der Waals surface area contributed by atoms with Gasteiger partial charge in [-0.1, -0.05) is 36.2 Å². The first kappa shape index (κ1) is 19.9. The highest BCUT2D eigenvalue weighted by Gasteiger charge is 2.34. The summed E-state index contributed by atoms with van der Waals surface area (Å²) >= 11 is 0. The zero-order chi connectivity index (χ0) is 20.1. The molecule has 1 unspecified atom stereocenters. The summed E-state index contributed by atoms with van der Waals surface area (Å²) in [5, 5.41) is 6.98. The smallest absolute Gasteiger partial charge is 0.322 e. The summed E-state index contributed by atoms with van der Waals surface area (Å²) in [6, 6.07) is 10.1. The van der Waals surface area contributed by atoms with Gasteiger partial charge in [0.15, 0.2) is 5.82 Å². The minimum absolute atomic E-state index is 0.0480. The van der Waals surface area contributed by atoms with E-state index in [0.717, 1.165) is 57.5 Å². The molecule has 2 aliphatic rings. The van der Waals surface area contributed by atoms with Crippen LogP contribution in [0.2, 0.25) is 0 Å². The molecule has 2 aliphatic heterocycles. The molecule has 0 aliphatic carbocycles. The number of urea groups is 1. The number of aromatic nitrogens is 2. The molecule has 2 fully saturated rings. The van der Waals surface area contributed by atoms with Gasteiger partial charge in [0.1, 0.15) is 0 Å². The Kier molecular flexibility index (Phi) is 6.44. The summed E-state index contributed by atoms with van der Waals surface area (Å²) in [7, 11) is 0. The van der Waals surface area contributed by atoms with Gasteiger partial charge in [0.05, 0.1) is 6.54 Å². The number of aryl methyl sites for hydroxylation is 1. The second kappa shape index (κ2) is 9.39. The van der Waals surface area contributed by atoms with Crippen molar-refractivity contribution in [2.45, 2.75) is 58.0 Å². The van der Waals surface area contributed by atoms with Gasteiger partial charge in [0.2, 0.25) is 5.89 Å².